The van der Waals surface area contributed by atoms with Gasteiger partial charge in [-0.3, -0.25) is 0 Å². The molecule has 1 aromatic carbocycles. The molecule has 1 aliphatic rings. The fourth-order valence-corrected chi connectivity index (χ4v) is 5.75. The minimum absolute atomic E-state index is 0.0146. The number of hydrogen-bond donors (Lipinski definition) is 1. The first-order valence-corrected chi connectivity index (χ1v) is 9.08. The molecule has 20 heavy (non-hydrogen) atoms. The molecule has 6 nitrogen and oxygen atoms in total. The standard InChI is InChI=1S/C12H12O6S2/c13-12(14)10-4-2-9(3-5-10)11-8-19(15,16)6-1-7-20(11,17)18/h1-6,11H,7-8H2,(H,13,14). The van der Waals surface area contributed by atoms with E-state index < -0.39 is 36.6 Å². The van der Waals surface area contributed by atoms with Crippen LogP contribution in [0.1, 0.15) is 21.2 Å². The van der Waals surface area contributed by atoms with Crippen LogP contribution in [0.25, 0.3) is 0 Å². The lowest BCUT2D eigenvalue weighted by atomic mass is 10.1. The largest absolute Gasteiger partial charge is 0.478 e. The van der Waals surface area contributed by atoms with Crippen LogP contribution in [0.4, 0.5) is 0 Å². The molecule has 108 valence electrons. The Morgan fingerprint density at radius 3 is 2.25 bits per heavy atom. The average molecular weight is 316 g/mol. The van der Waals surface area contributed by atoms with Crippen molar-refractivity contribution in [2.45, 2.75) is 5.25 Å². The van der Waals surface area contributed by atoms with Gasteiger partial charge in [-0.25, -0.2) is 21.6 Å². The summed E-state index contributed by atoms with van der Waals surface area (Å²) in [6.45, 7) is 0. The topological polar surface area (TPSA) is 106 Å². The van der Waals surface area contributed by atoms with Gasteiger partial charge in [0, 0.05) is 5.41 Å². The van der Waals surface area contributed by atoms with E-state index in [1.165, 1.54) is 24.3 Å². The highest BCUT2D eigenvalue weighted by molar-refractivity contribution is 7.97. The number of sulfone groups is 2. The molecule has 1 aromatic rings. The van der Waals surface area contributed by atoms with Gasteiger partial charge in [0.25, 0.3) is 0 Å². The van der Waals surface area contributed by atoms with Crippen molar-refractivity contribution in [3.05, 3.63) is 46.9 Å². The molecule has 0 fully saturated rings. The first-order chi connectivity index (χ1) is 9.21. The molecule has 0 radical (unpaired) electrons. The van der Waals surface area contributed by atoms with Crippen molar-refractivity contribution in [3.8, 4) is 0 Å². The van der Waals surface area contributed by atoms with Crippen LogP contribution in [-0.4, -0.2) is 39.4 Å². The summed E-state index contributed by atoms with van der Waals surface area (Å²) >= 11 is 0. The zero-order chi connectivity index (χ0) is 15.0. The van der Waals surface area contributed by atoms with Crippen molar-refractivity contribution in [3.63, 3.8) is 0 Å². The molecular formula is C12H12O6S2. The molecule has 0 saturated heterocycles. The fraction of sp³-hybridized carbons (Fsp3) is 0.250. The van der Waals surface area contributed by atoms with Gasteiger partial charge in [0.15, 0.2) is 19.7 Å². The fourth-order valence-electron chi connectivity index (χ4n) is 1.95. The molecule has 0 saturated carbocycles. The number of hydrogen-bond acceptors (Lipinski definition) is 5. The molecule has 0 aliphatic carbocycles. The van der Waals surface area contributed by atoms with E-state index in [0.717, 1.165) is 11.5 Å². The molecule has 0 amide bonds. The maximum absolute atomic E-state index is 12.1. The second kappa shape index (κ2) is 5.02. The normalized spacial score (nSPS) is 23.9. The third-order valence-corrected chi connectivity index (χ3v) is 6.56. The summed E-state index contributed by atoms with van der Waals surface area (Å²) in [4.78, 5) is 10.7. The van der Waals surface area contributed by atoms with Gasteiger partial charge in [-0.2, -0.15) is 0 Å². The van der Waals surface area contributed by atoms with Gasteiger partial charge in [0.2, 0.25) is 0 Å². The van der Waals surface area contributed by atoms with Crippen LogP contribution >= 0.6 is 0 Å². The van der Waals surface area contributed by atoms with E-state index in [0.29, 0.717) is 0 Å². The molecule has 1 unspecified atom stereocenters. The number of aromatic carboxylic acids is 1. The molecule has 1 atom stereocenters. The Balaban J connectivity index is 2.46. The van der Waals surface area contributed by atoms with Crippen LogP contribution in [0, 0.1) is 0 Å². The highest BCUT2D eigenvalue weighted by atomic mass is 32.2. The summed E-state index contributed by atoms with van der Waals surface area (Å²) in [6.07, 6.45) is 1.12. The van der Waals surface area contributed by atoms with Gasteiger partial charge in [0.05, 0.1) is 17.1 Å². The van der Waals surface area contributed by atoms with Crippen molar-refractivity contribution >= 4 is 25.6 Å². The first-order valence-electron chi connectivity index (χ1n) is 5.65. The highest BCUT2D eigenvalue weighted by Gasteiger charge is 2.32. The van der Waals surface area contributed by atoms with E-state index in [4.69, 9.17) is 5.11 Å². The number of rotatable bonds is 2. The average Bonchev–Trinajstić information content (AvgIpc) is 2.45. The number of benzene rings is 1. The molecule has 0 bridgehead atoms. The lowest BCUT2D eigenvalue weighted by molar-refractivity contribution is 0.0697. The summed E-state index contributed by atoms with van der Waals surface area (Å²) in [5, 5.41) is 8.53. The van der Waals surface area contributed by atoms with Crippen LogP contribution in [0.3, 0.4) is 0 Å². The smallest absolute Gasteiger partial charge is 0.335 e. The summed E-state index contributed by atoms with van der Waals surface area (Å²) in [5.41, 5.74) is 0.294. The maximum Gasteiger partial charge on any atom is 0.335 e. The zero-order valence-corrected chi connectivity index (χ0v) is 11.9. The van der Waals surface area contributed by atoms with Crippen molar-refractivity contribution in [1.82, 2.24) is 0 Å². The van der Waals surface area contributed by atoms with Gasteiger partial charge in [0.1, 0.15) is 5.25 Å². The van der Waals surface area contributed by atoms with Gasteiger partial charge < -0.3 is 5.11 Å². The van der Waals surface area contributed by atoms with E-state index in [-0.39, 0.29) is 16.9 Å². The van der Waals surface area contributed by atoms with E-state index in [1.54, 1.807) is 0 Å². The molecule has 0 spiro atoms. The number of carbonyl (C=O) groups is 1. The predicted octanol–water partition coefficient (Wildman–Crippen LogP) is 0.783. The molecule has 1 N–H and O–H groups in total. The summed E-state index contributed by atoms with van der Waals surface area (Å²) in [5.74, 6) is -2.01. The van der Waals surface area contributed by atoms with Crippen LogP contribution in [-0.2, 0) is 19.7 Å². The summed E-state index contributed by atoms with van der Waals surface area (Å²) < 4.78 is 47.5. The SMILES string of the molecule is O=C(O)c1ccc(C2CS(=O)(=O)C=CCS2(=O)=O)cc1. The minimum atomic E-state index is -3.63. The van der Waals surface area contributed by atoms with Gasteiger partial charge in [-0.1, -0.05) is 18.2 Å². The van der Waals surface area contributed by atoms with Gasteiger partial charge in [-0.15, -0.1) is 0 Å². The Hall–Kier alpha value is -1.67. The van der Waals surface area contributed by atoms with E-state index in [2.05, 4.69) is 0 Å². The molecule has 0 aromatic heterocycles. The zero-order valence-electron chi connectivity index (χ0n) is 10.3. The maximum atomic E-state index is 12.1. The third kappa shape index (κ3) is 3.07. The molecule has 1 aliphatic heterocycles. The Morgan fingerprint density at radius 1 is 1.10 bits per heavy atom. The number of carboxylic acids is 1. The number of carboxylic acid groups (broad SMARTS) is 1. The quantitative estimate of drug-likeness (QED) is 0.864. The van der Waals surface area contributed by atoms with Crippen LogP contribution in [0.15, 0.2) is 35.7 Å². The Bertz CT molecular complexity index is 757. The first kappa shape index (κ1) is 14.7. The molecule has 2 rings (SSSR count). The van der Waals surface area contributed by atoms with Crippen molar-refractivity contribution in [2.24, 2.45) is 0 Å². The lowest BCUT2D eigenvalue weighted by Crippen LogP contribution is -2.21. The second-order valence-electron chi connectivity index (χ2n) is 4.45. The monoisotopic (exact) mass is 316 g/mol. The van der Waals surface area contributed by atoms with Crippen LogP contribution in [0.2, 0.25) is 0 Å². The Morgan fingerprint density at radius 2 is 1.70 bits per heavy atom. The van der Waals surface area contributed by atoms with E-state index in [9.17, 15) is 21.6 Å². The molecular weight excluding hydrogens is 304 g/mol. The van der Waals surface area contributed by atoms with Crippen molar-refractivity contribution in [2.75, 3.05) is 11.5 Å². The van der Waals surface area contributed by atoms with Crippen molar-refractivity contribution in [1.29, 1.82) is 0 Å². The Labute approximate surface area is 116 Å². The summed E-state index contributed by atoms with van der Waals surface area (Å²) in [6, 6.07) is 5.20. The predicted molar refractivity (Wildman–Crippen MR) is 72.9 cm³/mol. The second-order valence-corrected chi connectivity index (χ2v) is 8.61. The van der Waals surface area contributed by atoms with Gasteiger partial charge >= 0.3 is 5.97 Å². The molecule has 8 heteroatoms. The minimum Gasteiger partial charge on any atom is -0.478 e. The Kier molecular flexibility index (Phi) is 3.70. The van der Waals surface area contributed by atoms with Crippen molar-refractivity contribution < 1.29 is 26.7 Å². The third-order valence-electron chi connectivity index (χ3n) is 2.98. The van der Waals surface area contributed by atoms with Crippen LogP contribution < -0.4 is 0 Å². The highest BCUT2D eigenvalue weighted by Crippen LogP contribution is 2.28. The van der Waals surface area contributed by atoms with Crippen LogP contribution in [0.5, 0.6) is 0 Å². The molecule has 1 heterocycles. The van der Waals surface area contributed by atoms with E-state index >= 15 is 0 Å². The van der Waals surface area contributed by atoms with Gasteiger partial charge in [-0.05, 0) is 17.7 Å². The summed E-state index contributed by atoms with van der Waals surface area (Å²) in [7, 11) is -7.22. The van der Waals surface area contributed by atoms with E-state index in [1.807, 2.05) is 0 Å². The lowest BCUT2D eigenvalue weighted by Gasteiger charge is -2.14.